The van der Waals surface area contributed by atoms with Crippen LogP contribution in [0.2, 0.25) is 0 Å². The Kier molecular flexibility index (Phi) is 11.1. The lowest BCUT2D eigenvalue weighted by molar-refractivity contribution is -0.276. The molecule has 4 aromatic carbocycles. The molecule has 1 unspecified atom stereocenters. The Morgan fingerprint density at radius 2 is 1.51 bits per heavy atom. The first-order valence-corrected chi connectivity index (χ1v) is 19.5. The van der Waals surface area contributed by atoms with Gasteiger partial charge in [-0.1, -0.05) is 91.9 Å². The number of imide groups is 1. The summed E-state index contributed by atoms with van der Waals surface area (Å²) in [5, 5.41) is 15.3. The predicted octanol–water partition coefficient (Wildman–Crippen LogP) is 4.96. The van der Waals surface area contributed by atoms with E-state index in [0.717, 1.165) is 40.4 Å². The van der Waals surface area contributed by atoms with Gasteiger partial charge in [-0.05, 0) is 53.8 Å². The molecule has 296 valence electrons. The molecule has 13 heteroatoms. The lowest BCUT2D eigenvalue weighted by Crippen LogP contribution is -2.57. The molecule has 4 heterocycles. The summed E-state index contributed by atoms with van der Waals surface area (Å²) in [6.07, 6.45) is -0.923. The number of carbonyl (C=O) groups is 4. The highest BCUT2D eigenvalue weighted by Gasteiger charge is 2.51. The minimum absolute atomic E-state index is 0.0391. The van der Waals surface area contributed by atoms with E-state index in [2.05, 4.69) is 27.4 Å². The van der Waals surface area contributed by atoms with Crippen molar-refractivity contribution in [3.05, 3.63) is 131 Å². The van der Waals surface area contributed by atoms with Crippen molar-refractivity contribution in [2.24, 2.45) is 5.92 Å². The van der Waals surface area contributed by atoms with Gasteiger partial charge < -0.3 is 39.8 Å². The fourth-order valence-corrected chi connectivity index (χ4v) is 8.42. The molecule has 4 aromatic rings. The van der Waals surface area contributed by atoms with Crippen LogP contribution in [-0.4, -0.2) is 77.8 Å². The predicted molar refractivity (Wildman–Crippen MR) is 210 cm³/mol. The Morgan fingerprint density at radius 3 is 2.19 bits per heavy atom. The number of aliphatic hydroxyl groups is 1. The van der Waals surface area contributed by atoms with Gasteiger partial charge in [-0.25, -0.2) is 9.69 Å². The van der Waals surface area contributed by atoms with Crippen molar-refractivity contribution in [1.82, 2.24) is 15.5 Å². The van der Waals surface area contributed by atoms with Gasteiger partial charge in [-0.15, -0.1) is 0 Å². The van der Waals surface area contributed by atoms with Gasteiger partial charge in [-0.3, -0.25) is 14.4 Å². The number of hydrogen-bond acceptors (Lipinski definition) is 10. The molecule has 0 bridgehead atoms. The van der Waals surface area contributed by atoms with Crippen molar-refractivity contribution in [2.45, 2.75) is 69.5 Å². The van der Waals surface area contributed by atoms with E-state index < -0.39 is 35.8 Å². The molecule has 4 fully saturated rings. The number of alkyl carbamates (subject to hydrolysis) is 1. The van der Waals surface area contributed by atoms with Crippen LogP contribution in [0.1, 0.15) is 60.8 Å². The van der Waals surface area contributed by atoms with E-state index in [1.807, 2.05) is 84.9 Å². The monoisotopic (exact) mass is 773 g/mol. The summed E-state index contributed by atoms with van der Waals surface area (Å²) in [6, 6.07) is 32.9. The number of piperidine rings is 1. The van der Waals surface area contributed by atoms with Crippen LogP contribution in [0.15, 0.2) is 109 Å². The molecule has 0 aliphatic carbocycles. The Hall–Kier alpha value is -5.60. The molecule has 5 atom stereocenters. The Morgan fingerprint density at radius 1 is 0.842 bits per heavy atom. The lowest BCUT2D eigenvalue weighted by atomic mass is 9.84. The van der Waals surface area contributed by atoms with Crippen molar-refractivity contribution >= 4 is 35.2 Å². The maximum Gasteiger partial charge on any atom is 0.408 e. The maximum atomic E-state index is 13.4. The van der Waals surface area contributed by atoms with E-state index in [-0.39, 0.29) is 43.7 Å². The first-order chi connectivity index (χ1) is 27.7. The Balaban J connectivity index is 0.953. The molecule has 0 saturated carbocycles. The van der Waals surface area contributed by atoms with Gasteiger partial charge in [0.1, 0.15) is 18.2 Å². The number of carbonyl (C=O) groups excluding carboxylic acids is 4. The second-order valence-corrected chi connectivity index (χ2v) is 15.2. The highest BCUT2D eigenvalue weighted by atomic mass is 16.7. The molecule has 0 aromatic heterocycles. The summed E-state index contributed by atoms with van der Waals surface area (Å²) in [4.78, 5) is 57.9. The summed E-state index contributed by atoms with van der Waals surface area (Å²) in [5.74, 6) is -0.949. The smallest absolute Gasteiger partial charge is 0.408 e. The lowest BCUT2D eigenvalue weighted by Gasteiger charge is -2.46. The van der Waals surface area contributed by atoms with Crippen LogP contribution in [-0.2, 0) is 41.8 Å². The highest BCUT2D eigenvalue weighted by Crippen LogP contribution is 2.43. The number of hydrogen-bond donors (Lipinski definition) is 3. The normalized spacial score (nSPS) is 24.8. The Labute approximate surface area is 331 Å². The molecule has 4 aliphatic heterocycles. The molecular weight excluding hydrogens is 727 g/mol. The van der Waals surface area contributed by atoms with Crippen LogP contribution in [0.3, 0.4) is 0 Å². The number of nitrogens with one attached hydrogen (secondary N) is 2. The zero-order valence-electron chi connectivity index (χ0n) is 31.8. The third-order valence-electron chi connectivity index (χ3n) is 11.7. The standard InChI is InChI=1S/C44H47N5O8/c1-29-37(25-47-22-20-44(21-23-47)42(53)45-28-48(44)34-10-6-3-7-11-34)56-41(57-39(29)32-14-12-30(26-50)13-15-32)33-16-18-35(19-17-33)49-38(51)24-36(40(49)52)46-43(54)55-27-31-8-4-2-5-9-31/h2-19,29,36-37,39,41,50H,20-28H2,1H3,(H,45,53)(H,46,54)/t29-,36?,37+,39+,41+/m1/s1. The van der Waals surface area contributed by atoms with Gasteiger partial charge in [0.2, 0.25) is 11.8 Å². The van der Waals surface area contributed by atoms with Crippen molar-refractivity contribution in [3.8, 4) is 0 Å². The van der Waals surface area contributed by atoms with Crippen LogP contribution in [0.25, 0.3) is 0 Å². The van der Waals surface area contributed by atoms with Gasteiger partial charge in [0, 0.05) is 36.8 Å². The number of rotatable bonds is 10. The summed E-state index contributed by atoms with van der Waals surface area (Å²) < 4.78 is 18.7. The zero-order valence-corrected chi connectivity index (χ0v) is 31.8. The van der Waals surface area contributed by atoms with Gasteiger partial charge in [0.25, 0.3) is 5.91 Å². The summed E-state index contributed by atoms with van der Waals surface area (Å²) in [6.45, 7) is 4.66. The number of nitrogens with zero attached hydrogens (tertiary/aromatic N) is 3. The van der Waals surface area contributed by atoms with E-state index >= 15 is 0 Å². The number of ether oxygens (including phenoxy) is 3. The van der Waals surface area contributed by atoms with Crippen LogP contribution >= 0.6 is 0 Å². The number of benzene rings is 4. The minimum Gasteiger partial charge on any atom is -0.445 e. The van der Waals surface area contributed by atoms with Gasteiger partial charge in [0.15, 0.2) is 6.29 Å². The number of likely N-dealkylation sites (tertiary alicyclic amines) is 1. The van der Waals surface area contributed by atoms with Gasteiger partial charge in [-0.2, -0.15) is 0 Å². The molecular formula is C44H47N5O8. The molecule has 57 heavy (non-hydrogen) atoms. The molecule has 8 rings (SSSR count). The maximum absolute atomic E-state index is 13.4. The first-order valence-electron chi connectivity index (χ1n) is 19.5. The Bertz CT molecular complexity index is 2060. The molecule has 13 nitrogen and oxygen atoms in total. The average molecular weight is 774 g/mol. The van der Waals surface area contributed by atoms with Gasteiger partial charge >= 0.3 is 6.09 Å². The van der Waals surface area contributed by atoms with Crippen molar-refractivity contribution < 1.29 is 38.5 Å². The molecule has 4 amide bonds. The van der Waals surface area contributed by atoms with E-state index in [1.54, 1.807) is 24.3 Å². The average Bonchev–Trinajstić information content (AvgIpc) is 3.71. The van der Waals surface area contributed by atoms with Crippen LogP contribution in [0.4, 0.5) is 16.2 Å². The van der Waals surface area contributed by atoms with E-state index in [1.165, 1.54) is 0 Å². The van der Waals surface area contributed by atoms with E-state index in [0.29, 0.717) is 37.3 Å². The third-order valence-corrected chi connectivity index (χ3v) is 11.7. The third kappa shape index (κ3) is 7.88. The van der Waals surface area contributed by atoms with E-state index in [4.69, 9.17) is 14.2 Å². The number of amides is 4. The fourth-order valence-electron chi connectivity index (χ4n) is 8.42. The summed E-state index contributed by atoms with van der Waals surface area (Å²) in [7, 11) is 0. The van der Waals surface area contributed by atoms with Crippen LogP contribution in [0, 0.1) is 5.92 Å². The van der Waals surface area contributed by atoms with Crippen LogP contribution in [0.5, 0.6) is 0 Å². The fraction of sp³-hybridized carbons (Fsp3) is 0.364. The molecule has 1 spiro atoms. The largest absolute Gasteiger partial charge is 0.445 e. The summed E-state index contributed by atoms with van der Waals surface area (Å²) in [5.41, 5.74) is 4.08. The van der Waals surface area contributed by atoms with Crippen molar-refractivity contribution in [3.63, 3.8) is 0 Å². The number of anilines is 2. The molecule has 4 saturated heterocycles. The number of aliphatic hydroxyl groups excluding tert-OH is 1. The second-order valence-electron chi connectivity index (χ2n) is 15.2. The molecule has 0 radical (unpaired) electrons. The quantitative estimate of drug-likeness (QED) is 0.189. The SMILES string of the molecule is C[C@@H]1[C@H](CN2CCC3(CC2)C(=O)NCN3c2ccccc2)O[C@H](c2ccc(N3C(=O)CC(NC(=O)OCc4ccccc4)C3=O)cc2)O[C@@H]1c1ccc(CO)cc1. The van der Waals surface area contributed by atoms with Crippen molar-refractivity contribution in [2.75, 3.05) is 36.1 Å². The zero-order chi connectivity index (χ0) is 39.5. The highest BCUT2D eigenvalue weighted by molar-refractivity contribution is 6.22. The molecule has 4 aliphatic rings. The van der Waals surface area contributed by atoms with Crippen molar-refractivity contribution in [1.29, 1.82) is 0 Å². The van der Waals surface area contributed by atoms with Crippen LogP contribution < -0.4 is 20.4 Å². The molecule has 3 N–H and O–H groups in total. The first kappa shape index (κ1) is 38.3. The topological polar surface area (TPSA) is 150 Å². The van der Waals surface area contributed by atoms with Gasteiger partial charge in [0.05, 0.1) is 37.6 Å². The second kappa shape index (κ2) is 16.5. The minimum atomic E-state index is -1.04. The van der Waals surface area contributed by atoms with E-state index in [9.17, 15) is 24.3 Å². The summed E-state index contributed by atoms with van der Waals surface area (Å²) >= 11 is 0. The number of para-hydroxylation sites is 1.